The summed E-state index contributed by atoms with van der Waals surface area (Å²) < 4.78 is 40.4. The zero-order chi connectivity index (χ0) is 14.2. The molecule has 0 aliphatic carbocycles. The molecule has 0 saturated carbocycles. The number of hydrogen-bond donors (Lipinski definition) is 1. The molecule has 102 valence electrons. The molecule has 1 unspecified atom stereocenters. The van der Waals surface area contributed by atoms with Gasteiger partial charge in [0.15, 0.2) is 0 Å². The predicted molar refractivity (Wildman–Crippen MR) is 65.8 cm³/mol. The van der Waals surface area contributed by atoms with Crippen LogP contribution in [0.15, 0.2) is 24.3 Å². The van der Waals surface area contributed by atoms with Crippen molar-refractivity contribution in [3.05, 3.63) is 35.5 Å². The van der Waals surface area contributed by atoms with Crippen LogP contribution >= 0.6 is 0 Å². The first-order valence-electron chi connectivity index (χ1n) is 5.69. The van der Waals surface area contributed by atoms with Crippen LogP contribution in [0.5, 0.6) is 5.75 Å². The first kappa shape index (κ1) is 13.6. The van der Waals surface area contributed by atoms with E-state index < -0.39 is 6.36 Å². The first-order chi connectivity index (χ1) is 8.76. The topological polar surface area (TPSA) is 48.1 Å². The van der Waals surface area contributed by atoms with Crippen LogP contribution in [0.4, 0.5) is 13.2 Å². The molecule has 0 amide bonds. The monoisotopic (exact) mass is 270 g/mol. The average Bonchev–Trinajstić information content (AvgIpc) is 2.27. The van der Waals surface area contributed by atoms with Crippen LogP contribution in [0.25, 0.3) is 10.9 Å². The van der Waals surface area contributed by atoms with Crippen molar-refractivity contribution in [2.75, 3.05) is 0 Å². The molecule has 3 nitrogen and oxygen atoms in total. The summed E-state index contributed by atoms with van der Waals surface area (Å²) in [7, 11) is 0. The number of fused-ring (bicyclic) bond motifs is 1. The van der Waals surface area contributed by atoms with Crippen molar-refractivity contribution >= 4 is 10.9 Å². The average molecular weight is 270 g/mol. The van der Waals surface area contributed by atoms with E-state index in [1.807, 2.05) is 0 Å². The van der Waals surface area contributed by atoms with E-state index in [4.69, 9.17) is 5.73 Å². The van der Waals surface area contributed by atoms with E-state index in [9.17, 15) is 13.2 Å². The highest BCUT2D eigenvalue weighted by Crippen LogP contribution is 2.28. The van der Waals surface area contributed by atoms with Gasteiger partial charge in [-0.15, -0.1) is 13.2 Å². The molecular formula is C13H13F3N2O. The third kappa shape index (κ3) is 3.14. The van der Waals surface area contributed by atoms with Crippen molar-refractivity contribution in [2.45, 2.75) is 26.3 Å². The van der Waals surface area contributed by atoms with E-state index in [0.717, 1.165) is 5.56 Å². The van der Waals surface area contributed by atoms with E-state index in [1.54, 1.807) is 19.9 Å². The fourth-order valence-electron chi connectivity index (χ4n) is 1.83. The highest BCUT2D eigenvalue weighted by molar-refractivity contribution is 5.83. The number of benzene rings is 1. The molecule has 0 aliphatic heterocycles. The Morgan fingerprint density at radius 2 is 1.95 bits per heavy atom. The Morgan fingerprint density at radius 3 is 2.53 bits per heavy atom. The summed E-state index contributed by atoms with van der Waals surface area (Å²) in [5.41, 5.74) is 7.86. The van der Waals surface area contributed by atoms with Crippen molar-refractivity contribution in [2.24, 2.45) is 5.73 Å². The Hall–Kier alpha value is -1.82. The lowest BCUT2D eigenvalue weighted by molar-refractivity contribution is -0.274. The van der Waals surface area contributed by atoms with E-state index in [-0.39, 0.29) is 11.8 Å². The molecule has 0 fully saturated rings. The largest absolute Gasteiger partial charge is 0.573 e. The van der Waals surface area contributed by atoms with Gasteiger partial charge in [-0.25, -0.2) is 0 Å². The summed E-state index contributed by atoms with van der Waals surface area (Å²) in [5.74, 6) is -0.251. The van der Waals surface area contributed by atoms with E-state index in [0.29, 0.717) is 16.6 Å². The Labute approximate surface area is 108 Å². The molecule has 1 aromatic carbocycles. The summed E-state index contributed by atoms with van der Waals surface area (Å²) in [5, 5.41) is 0.617. The summed E-state index contributed by atoms with van der Waals surface area (Å²) in [6.07, 6.45) is -4.69. The Kier molecular flexibility index (Phi) is 3.36. The van der Waals surface area contributed by atoms with Crippen LogP contribution in [0.3, 0.4) is 0 Å². The fourth-order valence-corrected chi connectivity index (χ4v) is 1.83. The Morgan fingerprint density at radius 1 is 1.26 bits per heavy atom. The molecule has 1 heterocycles. The molecule has 1 atom stereocenters. The maximum absolute atomic E-state index is 12.2. The summed E-state index contributed by atoms with van der Waals surface area (Å²) >= 11 is 0. The van der Waals surface area contributed by atoms with Crippen LogP contribution in [0.1, 0.15) is 24.2 Å². The number of nitrogens with two attached hydrogens (primary N) is 1. The lowest BCUT2D eigenvalue weighted by atomic mass is 10.1. The van der Waals surface area contributed by atoms with Gasteiger partial charge in [0.1, 0.15) is 5.75 Å². The third-order valence-electron chi connectivity index (χ3n) is 2.71. The highest BCUT2D eigenvalue weighted by atomic mass is 19.4. The molecular weight excluding hydrogens is 257 g/mol. The van der Waals surface area contributed by atoms with E-state index in [2.05, 4.69) is 9.72 Å². The number of aryl methyl sites for hydroxylation is 1. The number of pyridine rings is 1. The van der Waals surface area contributed by atoms with Crippen molar-refractivity contribution < 1.29 is 17.9 Å². The zero-order valence-corrected chi connectivity index (χ0v) is 10.5. The van der Waals surface area contributed by atoms with E-state index in [1.165, 1.54) is 18.2 Å². The molecule has 0 radical (unpaired) electrons. The number of aromatic nitrogens is 1. The second-order valence-corrected chi connectivity index (χ2v) is 4.38. The lowest BCUT2D eigenvalue weighted by Gasteiger charge is -2.12. The van der Waals surface area contributed by atoms with Gasteiger partial charge in [0.25, 0.3) is 0 Å². The van der Waals surface area contributed by atoms with Crippen molar-refractivity contribution in [1.82, 2.24) is 4.98 Å². The van der Waals surface area contributed by atoms with Crippen molar-refractivity contribution in [1.29, 1.82) is 0 Å². The quantitative estimate of drug-likeness (QED) is 0.909. The molecule has 6 heteroatoms. The molecule has 0 aliphatic rings. The second kappa shape index (κ2) is 4.70. The molecule has 0 spiro atoms. The summed E-state index contributed by atoms with van der Waals surface area (Å²) in [6, 6.07) is 5.61. The van der Waals surface area contributed by atoms with Gasteiger partial charge in [-0.2, -0.15) is 0 Å². The number of rotatable bonds is 2. The first-order valence-corrected chi connectivity index (χ1v) is 5.69. The minimum Gasteiger partial charge on any atom is -0.406 e. The third-order valence-corrected chi connectivity index (χ3v) is 2.71. The normalized spacial score (nSPS) is 13.6. The van der Waals surface area contributed by atoms with Crippen LogP contribution < -0.4 is 10.5 Å². The van der Waals surface area contributed by atoms with Crippen LogP contribution in [-0.4, -0.2) is 11.3 Å². The number of hydrogen-bond acceptors (Lipinski definition) is 3. The van der Waals surface area contributed by atoms with Gasteiger partial charge < -0.3 is 10.5 Å². The number of nitrogens with zero attached hydrogens (tertiary/aromatic N) is 1. The predicted octanol–water partition coefficient (Wildman–Crippen LogP) is 3.46. The van der Waals surface area contributed by atoms with Gasteiger partial charge in [-0.1, -0.05) is 0 Å². The lowest BCUT2D eigenvalue weighted by Crippen LogP contribution is -2.17. The summed E-state index contributed by atoms with van der Waals surface area (Å²) in [6.45, 7) is 3.60. The second-order valence-electron chi connectivity index (χ2n) is 4.38. The van der Waals surface area contributed by atoms with Crippen LogP contribution in [0.2, 0.25) is 0 Å². The van der Waals surface area contributed by atoms with Crippen molar-refractivity contribution in [3.8, 4) is 5.75 Å². The SMILES string of the molecule is Cc1cc(C(C)N)nc2ccc(OC(F)(F)F)cc12. The van der Waals surface area contributed by atoms with Gasteiger partial charge in [0.05, 0.1) is 11.2 Å². The molecule has 0 saturated heterocycles. The zero-order valence-electron chi connectivity index (χ0n) is 10.5. The fraction of sp³-hybridized carbons (Fsp3) is 0.308. The maximum Gasteiger partial charge on any atom is 0.573 e. The summed E-state index contributed by atoms with van der Waals surface area (Å²) in [4.78, 5) is 4.31. The Balaban J connectivity index is 2.49. The van der Waals surface area contributed by atoms with E-state index >= 15 is 0 Å². The minimum absolute atomic E-state index is 0.228. The van der Waals surface area contributed by atoms with Crippen molar-refractivity contribution in [3.63, 3.8) is 0 Å². The van der Waals surface area contributed by atoms with Crippen LogP contribution in [0, 0.1) is 6.92 Å². The van der Waals surface area contributed by atoms with Gasteiger partial charge in [0.2, 0.25) is 0 Å². The van der Waals surface area contributed by atoms with Gasteiger partial charge in [-0.05, 0) is 43.7 Å². The van der Waals surface area contributed by atoms with Crippen LogP contribution in [-0.2, 0) is 0 Å². The molecule has 0 bridgehead atoms. The minimum atomic E-state index is -4.69. The van der Waals surface area contributed by atoms with Gasteiger partial charge >= 0.3 is 6.36 Å². The molecule has 1 aromatic heterocycles. The maximum atomic E-state index is 12.2. The molecule has 2 rings (SSSR count). The highest BCUT2D eigenvalue weighted by Gasteiger charge is 2.31. The number of alkyl halides is 3. The van der Waals surface area contributed by atoms with Gasteiger partial charge in [-0.3, -0.25) is 4.98 Å². The molecule has 2 N–H and O–H groups in total. The Bertz CT molecular complexity index is 609. The smallest absolute Gasteiger partial charge is 0.406 e. The molecule has 19 heavy (non-hydrogen) atoms. The standard InChI is InChI=1S/C13H13F3N2O/c1-7-5-12(8(2)17)18-11-4-3-9(6-10(7)11)19-13(14,15)16/h3-6,8H,17H2,1-2H3. The number of ether oxygens (including phenoxy) is 1. The molecule has 2 aromatic rings. The van der Waals surface area contributed by atoms with Gasteiger partial charge in [0, 0.05) is 11.4 Å². The number of halogens is 3.